The summed E-state index contributed by atoms with van der Waals surface area (Å²) in [5, 5.41) is 5.61. The number of hydrogen-bond donors (Lipinski definition) is 2. The molecule has 0 bridgehead atoms. The number of benzene rings is 2. The fraction of sp³-hybridized carbons (Fsp3) is 0.150. The second kappa shape index (κ2) is 7.90. The molecule has 0 radical (unpaired) electrons. The molecule has 1 amide bonds. The molecule has 3 aromatic rings. The molecule has 0 saturated carbocycles. The maximum absolute atomic E-state index is 13.3. The summed E-state index contributed by atoms with van der Waals surface area (Å²) in [7, 11) is 0. The molecular weight excluding hydrogens is 350 g/mol. The van der Waals surface area contributed by atoms with E-state index in [9.17, 15) is 13.6 Å². The standard InChI is InChI=1S/C20H18F2N4O/c1-12-5-3-4-6-14(12)11-23-19(27)18-9-13(2)24-20(26-18)25-15-7-8-16(21)17(22)10-15/h3-10H,11H2,1-2H3,(H,23,27)(H,24,25,26). The minimum Gasteiger partial charge on any atom is -0.347 e. The molecule has 0 aliphatic heterocycles. The number of nitrogens with one attached hydrogen (secondary N) is 2. The Morgan fingerprint density at radius 3 is 2.52 bits per heavy atom. The lowest BCUT2D eigenvalue weighted by molar-refractivity contribution is 0.0945. The van der Waals surface area contributed by atoms with Crippen LogP contribution in [0.2, 0.25) is 0 Å². The highest BCUT2D eigenvalue weighted by Gasteiger charge is 2.12. The van der Waals surface area contributed by atoms with E-state index in [0.29, 0.717) is 12.2 Å². The van der Waals surface area contributed by atoms with E-state index in [-0.39, 0.29) is 23.2 Å². The molecule has 2 aromatic carbocycles. The highest BCUT2D eigenvalue weighted by Crippen LogP contribution is 2.17. The summed E-state index contributed by atoms with van der Waals surface area (Å²) in [4.78, 5) is 20.8. The van der Waals surface area contributed by atoms with E-state index in [1.165, 1.54) is 6.07 Å². The highest BCUT2D eigenvalue weighted by atomic mass is 19.2. The van der Waals surface area contributed by atoms with E-state index >= 15 is 0 Å². The Morgan fingerprint density at radius 1 is 1.00 bits per heavy atom. The van der Waals surface area contributed by atoms with E-state index in [4.69, 9.17) is 0 Å². The highest BCUT2D eigenvalue weighted by molar-refractivity contribution is 5.92. The molecule has 3 rings (SSSR count). The van der Waals surface area contributed by atoms with E-state index in [1.807, 2.05) is 31.2 Å². The van der Waals surface area contributed by atoms with Crippen LogP contribution in [0, 0.1) is 25.5 Å². The fourth-order valence-corrected chi connectivity index (χ4v) is 2.52. The molecule has 138 valence electrons. The number of halogens is 2. The topological polar surface area (TPSA) is 66.9 Å². The molecule has 1 aromatic heterocycles. The summed E-state index contributed by atoms with van der Waals surface area (Å²) in [6.45, 7) is 4.07. The molecular formula is C20H18F2N4O. The van der Waals surface area contributed by atoms with Crippen molar-refractivity contribution < 1.29 is 13.6 Å². The zero-order chi connectivity index (χ0) is 19.4. The van der Waals surface area contributed by atoms with Crippen LogP contribution in [0.15, 0.2) is 48.5 Å². The molecule has 0 unspecified atom stereocenters. The van der Waals surface area contributed by atoms with Crippen LogP contribution >= 0.6 is 0 Å². The summed E-state index contributed by atoms with van der Waals surface area (Å²) < 4.78 is 26.4. The fourth-order valence-electron chi connectivity index (χ4n) is 2.52. The smallest absolute Gasteiger partial charge is 0.270 e. The van der Waals surface area contributed by atoms with Crippen LogP contribution in [0.25, 0.3) is 0 Å². The van der Waals surface area contributed by atoms with Crippen molar-refractivity contribution in [2.75, 3.05) is 5.32 Å². The van der Waals surface area contributed by atoms with Gasteiger partial charge in [0, 0.05) is 24.0 Å². The molecule has 27 heavy (non-hydrogen) atoms. The lowest BCUT2D eigenvalue weighted by Gasteiger charge is -2.10. The molecule has 7 heteroatoms. The Kier molecular flexibility index (Phi) is 5.40. The van der Waals surface area contributed by atoms with Crippen LogP contribution in [0.3, 0.4) is 0 Å². The predicted molar refractivity (Wildman–Crippen MR) is 98.8 cm³/mol. The Morgan fingerprint density at radius 2 is 1.78 bits per heavy atom. The third-order valence-electron chi connectivity index (χ3n) is 3.96. The van der Waals surface area contributed by atoms with E-state index in [1.54, 1.807) is 13.0 Å². The van der Waals surface area contributed by atoms with Gasteiger partial charge >= 0.3 is 0 Å². The monoisotopic (exact) mass is 368 g/mol. The zero-order valence-electron chi connectivity index (χ0n) is 14.9. The largest absolute Gasteiger partial charge is 0.347 e. The Hall–Kier alpha value is -3.35. The number of amides is 1. The lowest BCUT2D eigenvalue weighted by Crippen LogP contribution is -2.24. The molecule has 5 nitrogen and oxygen atoms in total. The van der Waals surface area contributed by atoms with Crippen molar-refractivity contribution in [2.45, 2.75) is 20.4 Å². The summed E-state index contributed by atoms with van der Waals surface area (Å²) in [6, 6.07) is 12.7. The van der Waals surface area contributed by atoms with Gasteiger partial charge in [-0.05, 0) is 43.2 Å². The number of aromatic nitrogens is 2. The van der Waals surface area contributed by atoms with Gasteiger partial charge in [-0.1, -0.05) is 24.3 Å². The van der Waals surface area contributed by atoms with Crippen molar-refractivity contribution in [3.05, 3.63) is 82.7 Å². The van der Waals surface area contributed by atoms with Gasteiger partial charge < -0.3 is 10.6 Å². The maximum Gasteiger partial charge on any atom is 0.270 e. The number of carbonyl (C=O) groups is 1. The minimum absolute atomic E-state index is 0.127. The van der Waals surface area contributed by atoms with Crippen LogP contribution in [0.1, 0.15) is 27.3 Å². The first kappa shape index (κ1) is 18.4. The molecule has 0 aliphatic carbocycles. The van der Waals surface area contributed by atoms with Gasteiger partial charge in [0.2, 0.25) is 5.95 Å². The molecule has 0 atom stereocenters. The average molecular weight is 368 g/mol. The van der Waals surface area contributed by atoms with Crippen LogP contribution in [0.4, 0.5) is 20.4 Å². The van der Waals surface area contributed by atoms with E-state index < -0.39 is 11.6 Å². The van der Waals surface area contributed by atoms with Crippen LogP contribution in [0.5, 0.6) is 0 Å². The maximum atomic E-state index is 13.3. The molecule has 0 spiro atoms. The first-order chi connectivity index (χ1) is 12.9. The first-order valence-electron chi connectivity index (χ1n) is 8.33. The molecule has 2 N–H and O–H groups in total. The van der Waals surface area contributed by atoms with Crippen LogP contribution in [-0.2, 0) is 6.54 Å². The van der Waals surface area contributed by atoms with Crippen molar-refractivity contribution in [3.63, 3.8) is 0 Å². The van der Waals surface area contributed by atoms with Gasteiger partial charge in [0.15, 0.2) is 11.6 Å². The summed E-state index contributed by atoms with van der Waals surface area (Å²) in [5.74, 6) is -2.15. The normalized spacial score (nSPS) is 10.5. The number of carbonyl (C=O) groups excluding carboxylic acids is 1. The summed E-state index contributed by atoms with van der Waals surface area (Å²) >= 11 is 0. The zero-order valence-corrected chi connectivity index (χ0v) is 14.9. The van der Waals surface area contributed by atoms with Crippen LogP contribution < -0.4 is 10.6 Å². The lowest BCUT2D eigenvalue weighted by atomic mass is 10.1. The summed E-state index contributed by atoms with van der Waals surface area (Å²) in [5.41, 5.74) is 3.12. The number of nitrogens with zero attached hydrogens (tertiary/aromatic N) is 2. The van der Waals surface area contributed by atoms with Crippen molar-refractivity contribution in [3.8, 4) is 0 Å². The Labute approximate surface area is 155 Å². The van der Waals surface area contributed by atoms with Crippen LogP contribution in [-0.4, -0.2) is 15.9 Å². The quantitative estimate of drug-likeness (QED) is 0.713. The second-order valence-corrected chi connectivity index (χ2v) is 6.08. The van der Waals surface area contributed by atoms with Crippen molar-refractivity contribution in [1.29, 1.82) is 0 Å². The molecule has 0 aliphatic rings. The average Bonchev–Trinajstić information content (AvgIpc) is 2.63. The number of hydrogen-bond acceptors (Lipinski definition) is 4. The number of aryl methyl sites for hydroxylation is 2. The van der Waals surface area contributed by atoms with Crippen molar-refractivity contribution >= 4 is 17.5 Å². The van der Waals surface area contributed by atoms with E-state index in [2.05, 4.69) is 20.6 Å². The number of anilines is 2. The SMILES string of the molecule is Cc1cc(C(=O)NCc2ccccc2C)nc(Nc2ccc(F)c(F)c2)n1. The molecule has 0 saturated heterocycles. The van der Waals surface area contributed by atoms with Gasteiger partial charge in [-0.3, -0.25) is 4.79 Å². The van der Waals surface area contributed by atoms with Gasteiger partial charge in [0.25, 0.3) is 5.91 Å². The van der Waals surface area contributed by atoms with Crippen molar-refractivity contribution in [2.24, 2.45) is 0 Å². The minimum atomic E-state index is -0.983. The predicted octanol–water partition coefficient (Wildman–Crippen LogP) is 4.05. The Balaban J connectivity index is 1.75. The third kappa shape index (κ3) is 4.63. The number of rotatable bonds is 5. The third-order valence-corrected chi connectivity index (χ3v) is 3.96. The molecule has 1 heterocycles. The van der Waals surface area contributed by atoms with Gasteiger partial charge in [-0.25, -0.2) is 18.7 Å². The second-order valence-electron chi connectivity index (χ2n) is 6.08. The summed E-state index contributed by atoms with van der Waals surface area (Å²) in [6.07, 6.45) is 0. The van der Waals surface area contributed by atoms with E-state index in [0.717, 1.165) is 23.3 Å². The van der Waals surface area contributed by atoms with Gasteiger partial charge in [0.05, 0.1) is 0 Å². The molecule has 0 fully saturated rings. The van der Waals surface area contributed by atoms with Gasteiger partial charge in [-0.2, -0.15) is 0 Å². The Bertz CT molecular complexity index is 991. The van der Waals surface area contributed by atoms with Gasteiger partial charge in [-0.15, -0.1) is 0 Å². The van der Waals surface area contributed by atoms with Gasteiger partial charge in [0.1, 0.15) is 5.69 Å². The first-order valence-corrected chi connectivity index (χ1v) is 8.33. The van der Waals surface area contributed by atoms with Crippen molar-refractivity contribution in [1.82, 2.24) is 15.3 Å².